The summed E-state index contributed by atoms with van der Waals surface area (Å²) in [6.45, 7) is 6.76. The highest BCUT2D eigenvalue weighted by molar-refractivity contribution is 7.20. The molecule has 0 spiro atoms. The Balaban J connectivity index is 2.25. The van der Waals surface area contributed by atoms with E-state index in [9.17, 15) is 18.4 Å². The molecular weight excluding hydrogens is 540 g/mol. The summed E-state index contributed by atoms with van der Waals surface area (Å²) < 4.78 is 45.6. The van der Waals surface area contributed by atoms with E-state index in [1.807, 2.05) is 31.0 Å². The largest absolute Gasteiger partial charge is 0.462 e. The number of carbonyl (C=O) groups is 2. The van der Waals surface area contributed by atoms with Gasteiger partial charge in [-0.3, -0.25) is 9.80 Å². The third kappa shape index (κ3) is 7.56. The summed E-state index contributed by atoms with van der Waals surface area (Å²) >= 11 is 1.14. The molecule has 40 heavy (non-hydrogen) atoms. The molecule has 216 valence electrons. The number of amides is 1. The molecule has 0 saturated heterocycles. The Morgan fingerprint density at radius 3 is 2.15 bits per heavy atom. The van der Waals surface area contributed by atoms with Crippen molar-refractivity contribution in [1.29, 1.82) is 0 Å². The zero-order chi connectivity index (χ0) is 29.2. The zero-order valence-corrected chi connectivity index (χ0v) is 24.0. The summed E-state index contributed by atoms with van der Waals surface area (Å²) in [6, 6.07) is 10.6. The lowest BCUT2D eigenvalue weighted by Crippen LogP contribution is -2.33. The minimum Gasteiger partial charge on any atom is -0.462 e. The van der Waals surface area contributed by atoms with Gasteiger partial charge in [0.1, 0.15) is 16.6 Å². The number of carbonyl (C=O) groups excluding carboxylic acids is 2. The number of thiophene rings is 1. The van der Waals surface area contributed by atoms with Crippen molar-refractivity contribution in [1.82, 2.24) is 4.90 Å². The molecule has 0 aliphatic carbocycles. The Kier molecular flexibility index (Phi) is 11.4. The lowest BCUT2D eigenvalue weighted by Gasteiger charge is -2.23. The molecule has 0 atom stereocenters. The maximum Gasteiger partial charge on any atom is 0.415 e. The summed E-state index contributed by atoms with van der Waals surface area (Å²) in [7, 11) is 1.88. The number of anilines is 2. The molecule has 0 fully saturated rings. The smallest absolute Gasteiger partial charge is 0.415 e. The topological polar surface area (TPSA) is 94.3 Å². The van der Waals surface area contributed by atoms with Gasteiger partial charge in [-0.25, -0.2) is 18.4 Å². The quantitative estimate of drug-likeness (QED) is 0.150. The van der Waals surface area contributed by atoms with Gasteiger partial charge < -0.3 is 19.9 Å². The van der Waals surface area contributed by atoms with Crippen molar-refractivity contribution < 1.29 is 32.6 Å². The molecular formula is C29H35F2N3O5S. The van der Waals surface area contributed by atoms with Gasteiger partial charge in [0.05, 0.1) is 31.9 Å². The highest BCUT2D eigenvalue weighted by Crippen LogP contribution is 2.44. The zero-order valence-electron chi connectivity index (χ0n) is 23.2. The Labute approximate surface area is 237 Å². The number of nitrogen functional groups attached to an aromatic ring is 1. The SMILES string of the molecule is CCOCCN(C)Cc1c(-c2ccc(N)cc2)sc(N(Cc2c(F)cccc2F)C(=O)OCC)c1C(=O)OCC. The van der Waals surface area contributed by atoms with Crippen LogP contribution in [-0.4, -0.2) is 57.0 Å². The average molecular weight is 576 g/mol. The second-order valence-electron chi connectivity index (χ2n) is 8.85. The Morgan fingerprint density at radius 2 is 1.55 bits per heavy atom. The summed E-state index contributed by atoms with van der Waals surface area (Å²) in [5.74, 6) is -2.30. The predicted octanol–water partition coefficient (Wildman–Crippen LogP) is 6.08. The minimum atomic E-state index is -0.850. The molecule has 0 aliphatic rings. The molecule has 2 N–H and O–H groups in total. The van der Waals surface area contributed by atoms with Crippen LogP contribution in [0.1, 0.15) is 42.3 Å². The molecule has 1 amide bonds. The summed E-state index contributed by atoms with van der Waals surface area (Å²) in [5.41, 5.74) is 7.63. The van der Waals surface area contributed by atoms with Crippen LogP contribution in [0.25, 0.3) is 10.4 Å². The fourth-order valence-corrected chi connectivity index (χ4v) is 5.35. The second-order valence-corrected chi connectivity index (χ2v) is 9.85. The van der Waals surface area contributed by atoms with Gasteiger partial charge in [0.15, 0.2) is 0 Å². The second kappa shape index (κ2) is 14.7. The van der Waals surface area contributed by atoms with Crippen molar-refractivity contribution in [2.45, 2.75) is 33.9 Å². The van der Waals surface area contributed by atoms with Crippen LogP contribution in [0.5, 0.6) is 0 Å². The van der Waals surface area contributed by atoms with Crippen molar-refractivity contribution in [2.75, 3.05) is 50.7 Å². The van der Waals surface area contributed by atoms with Gasteiger partial charge in [-0.1, -0.05) is 18.2 Å². The van der Waals surface area contributed by atoms with Crippen LogP contribution >= 0.6 is 11.3 Å². The van der Waals surface area contributed by atoms with Crippen molar-refractivity contribution in [3.8, 4) is 10.4 Å². The van der Waals surface area contributed by atoms with E-state index in [-0.39, 0.29) is 29.3 Å². The van der Waals surface area contributed by atoms with E-state index < -0.39 is 30.2 Å². The highest BCUT2D eigenvalue weighted by atomic mass is 32.1. The number of nitrogens with two attached hydrogens (primary N) is 1. The molecule has 1 aromatic heterocycles. The van der Waals surface area contributed by atoms with Crippen LogP contribution in [0, 0.1) is 11.6 Å². The molecule has 3 aromatic rings. The maximum atomic E-state index is 14.7. The van der Waals surface area contributed by atoms with E-state index in [2.05, 4.69) is 0 Å². The van der Waals surface area contributed by atoms with Gasteiger partial charge in [-0.05, 0) is 57.6 Å². The summed E-state index contributed by atoms with van der Waals surface area (Å²) in [5, 5.41) is 0.166. The van der Waals surface area contributed by atoms with Crippen molar-refractivity contribution in [2.24, 2.45) is 0 Å². The molecule has 1 heterocycles. The fourth-order valence-electron chi connectivity index (χ4n) is 4.05. The first kappa shape index (κ1) is 31.0. The number of halogens is 2. The van der Waals surface area contributed by atoms with Crippen LogP contribution in [0.3, 0.4) is 0 Å². The summed E-state index contributed by atoms with van der Waals surface area (Å²) in [6.07, 6.45) is -0.850. The van der Waals surface area contributed by atoms with Gasteiger partial charge in [-0.15, -0.1) is 11.3 Å². The lowest BCUT2D eigenvalue weighted by molar-refractivity contribution is 0.0525. The van der Waals surface area contributed by atoms with Gasteiger partial charge >= 0.3 is 12.1 Å². The predicted molar refractivity (Wildman–Crippen MR) is 153 cm³/mol. The first-order valence-corrected chi connectivity index (χ1v) is 13.8. The van der Waals surface area contributed by atoms with Gasteiger partial charge in [-0.2, -0.15) is 0 Å². The Bertz CT molecular complexity index is 1280. The highest BCUT2D eigenvalue weighted by Gasteiger charge is 2.33. The van der Waals surface area contributed by atoms with Crippen molar-refractivity contribution >= 4 is 34.1 Å². The monoisotopic (exact) mass is 575 g/mol. The van der Waals surface area contributed by atoms with Crippen LogP contribution < -0.4 is 10.6 Å². The average Bonchev–Trinajstić information content (AvgIpc) is 3.28. The molecule has 3 rings (SSSR count). The first-order valence-electron chi connectivity index (χ1n) is 13.0. The van der Waals surface area contributed by atoms with Crippen LogP contribution in [-0.2, 0) is 27.3 Å². The van der Waals surface area contributed by atoms with Crippen molar-refractivity contribution in [3.63, 3.8) is 0 Å². The summed E-state index contributed by atoms with van der Waals surface area (Å²) in [4.78, 5) is 30.5. The molecule has 11 heteroatoms. The number of esters is 1. The number of ether oxygens (including phenoxy) is 3. The number of rotatable bonds is 13. The van der Waals surface area contributed by atoms with Gasteiger partial charge in [0.2, 0.25) is 0 Å². The molecule has 0 radical (unpaired) electrons. The maximum absolute atomic E-state index is 14.7. The van der Waals surface area contributed by atoms with Crippen molar-refractivity contribution in [3.05, 3.63) is 70.8 Å². The molecule has 0 unspecified atom stereocenters. The Morgan fingerprint density at radius 1 is 0.900 bits per heavy atom. The van der Waals surface area contributed by atoms with Crippen LogP contribution in [0.2, 0.25) is 0 Å². The lowest BCUT2D eigenvalue weighted by atomic mass is 10.0. The Hall–Kier alpha value is -3.54. The van der Waals surface area contributed by atoms with E-state index in [1.54, 1.807) is 26.0 Å². The van der Waals surface area contributed by atoms with E-state index in [1.165, 1.54) is 6.07 Å². The molecule has 2 aromatic carbocycles. The van der Waals surface area contributed by atoms with Crippen LogP contribution in [0.15, 0.2) is 42.5 Å². The standard InChI is InChI=1S/C29H35F2N3O5S/c1-5-37-16-15-33(4)17-22-25(28(35)38-6-2)27(40-26(22)19-11-13-20(32)14-12-19)34(29(36)39-7-3)18-21-23(30)9-8-10-24(21)31/h8-14H,5-7,15-18,32H2,1-4H3. The molecule has 0 aliphatic heterocycles. The number of nitrogens with zero attached hydrogens (tertiary/aromatic N) is 2. The molecule has 8 nitrogen and oxygen atoms in total. The third-order valence-corrected chi connectivity index (χ3v) is 7.31. The van der Waals surface area contributed by atoms with Gasteiger partial charge in [0, 0.05) is 41.4 Å². The number of likely N-dealkylation sites (N-methyl/N-ethyl adjacent to an activating group) is 1. The number of hydrogen-bond donors (Lipinski definition) is 1. The van der Waals surface area contributed by atoms with E-state index in [0.717, 1.165) is 33.9 Å². The van der Waals surface area contributed by atoms with E-state index in [4.69, 9.17) is 19.9 Å². The van der Waals surface area contributed by atoms with Crippen LogP contribution in [0.4, 0.5) is 24.3 Å². The first-order chi connectivity index (χ1) is 19.2. The van der Waals surface area contributed by atoms with E-state index >= 15 is 0 Å². The van der Waals surface area contributed by atoms with Gasteiger partial charge in [0.25, 0.3) is 0 Å². The molecule has 0 saturated carbocycles. The van der Waals surface area contributed by atoms with E-state index in [0.29, 0.717) is 42.4 Å². The third-order valence-electron chi connectivity index (χ3n) is 6.00. The number of benzene rings is 2. The number of hydrogen-bond acceptors (Lipinski definition) is 8. The normalized spacial score (nSPS) is 11.1. The minimum absolute atomic E-state index is 0.0209. The fraction of sp³-hybridized carbons (Fsp3) is 0.379. The molecule has 0 bridgehead atoms.